The number of urea groups is 1. The molecule has 0 atom stereocenters. The number of rotatable bonds is 8. The van der Waals surface area contributed by atoms with Gasteiger partial charge in [0, 0.05) is 36.1 Å². The van der Waals surface area contributed by atoms with Crippen molar-refractivity contribution in [1.82, 2.24) is 15.0 Å². The average Bonchev–Trinajstić information content (AvgIpc) is 2.79. The third-order valence-electron chi connectivity index (χ3n) is 4.13. The van der Waals surface area contributed by atoms with Gasteiger partial charge in [-0.15, -0.1) is 0 Å². The smallest absolute Gasteiger partial charge is 0.337 e. The highest BCUT2D eigenvalue weighted by molar-refractivity contribution is 7.97. The standard InChI is InChI=1S/C22H22N4O3S/c1-29-21(27)18-4-2-3-17(13-18)15-25-30-20-7-5-19(6-8-20)26-22(28)24-14-16-9-11-23-12-10-16/h2-13,25H,14-15H2,1H3,(H2,24,26,28). The second-order valence-electron chi connectivity index (χ2n) is 6.30. The summed E-state index contributed by atoms with van der Waals surface area (Å²) >= 11 is 1.47. The van der Waals surface area contributed by atoms with E-state index in [0.717, 1.165) is 16.0 Å². The molecule has 0 fully saturated rings. The maximum absolute atomic E-state index is 12.0. The Morgan fingerprint density at radius 3 is 2.47 bits per heavy atom. The lowest BCUT2D eigenvalue weighted by molar-refractivity contribution is 0.0600. The van der Waals surface area contributed by atoms with Gasteiger partial charge in [-0.3, -0.25) is 9.71 Å². The monoisotopic (exact) mass is 422 g/mol. The molecule has 0 aliphatic heterocycles. The van der Waals surface area contributed by atoms with E-state index in [0.29, 0.717) is 24.3 Å². The number of hydrogen-bond acceptors (Lipinski definition) is 6. The molecule has 30 heavy (non-hydrogen) atoms. The lowest BCUT2D eigenvalue weighted by Gasteiger charge is -2.09. The van der Waals surface area contributed by atoms with Crippen molar-refractivity contribution in [3.63, 3.8) is 0 Å². The Bertz CT molecular complexity index is 981. The minimum atomic E-state index is -0.350. The average molecular weight is 423 g/mol. The van der Waals surface area contributed by atoms with Gasteiger partial charge in [0.25, 0.3) is 0 Å². The number of carbonyl (C=O) groups excluding carboxylic acids is 2. The van der Waals surface area contributed by atoms with Gasteiger partial charge in [-0.1, -0.05) is 12.1 Å². The van der Waals surface area contributed by atoms with Crippen LogP contribution in [0.5, 0.6) is 0 Å². The normalized spacial score (nSPS) is 10.3. The fourth-order valence-corrected chi connectivity index (χ4v) is 3.27. The second-order valence-corrected chi connectivity index (χ2v) is 7.27. The van der Waals surface area contributed by atoms with Crippen LogP contribution in [0.2, 0.25) is 0 Å². The summed E-state index contributed by atoms with van der Waals surface area (Å²) in [6.07, 6.45) is 3.38. The molecule has 3 aromatic rings. The molecule has 0 bridgehead atoms. The molecule has 0 spiro atoms. The minimum absolute atomic E-state index is 0.268. The molecule has 0 aliphatic carbocycles. The zero-order valence-corrected chi connectivity index (χ0v) is 17.2. The quantitative estimate of drug-likeness (QED) is 0.376. The van der Waals surface area contributed by atoms with E-state index in [4.69, 9.17) is 4.74 Å². The number of methoxy groups -OCH3 is 1. The Balaban J connectivity index is 1.43. The Kier molecular flexibility index (Phi) is 7.82. The first-order valence-corrected chi connectivity index (χ1v) is 10.1. The predicted octanol–water partition coefficient (Wildman–Crippen LogP) is 3.99. The molecule has 0 aliphatic rings. The summed E-state index contributed by atoms with van der Waals surface area (Å²) in [5, 5.41) is 5.61. The molecule has 1 aromatic heterocycles. The van der Waals surface area contributed by atoms with Gasteiger partial charge in [0.2, 0.25) is 0 Å². The van der Waals surface area contributed by atoms with Gasteiger partial charge in [0.1, 0.15) is 0 Å². The number of nitrogens with one attached hydrogen (secondary N) is 3. The number of benzene rings is 2. The highest BCUT2D eigenvalue weighted by Gasteiger charge is 2.06. The van der Waals surface area contributed by atoms with Crippen molar-refractivity contribution in [2.75, 3.05) is 12.4 Å². The SMILES string of the molecule is COC(=O)c1cccc(CNSc2ccc(NC(=O)NCc3ccncc3)cc2)c1. The van der Waals surface area contributed by atoms with Crippen molar-refractivity contribution in [3.05, 3.63) is 89.7 Å². The number of carbonyl (C=O) groups is 2. The first-order chi connectivity index (χ1) is 14.6. The fourth-order valence-electron chi connectivity index (χ4n) is 2.59. The zero-order chi connectivity index (χ0) is 21.2. The van der Waals surface area contributed by atoms with Crippen LogP contribution in [0.25, 0.3) is 0 Å². The van der Waals surface area contributed by atoms with E-state index >= 15 is 0 Å². The van der Waals surface area contributed by atoms with Crippen LogP contribution in [0, 0.1) is 0 Å². The van der Waals surface area contributed by atoms with Crippen molar-refractivity contribution in [1.29, 1.82) is 0 Å². The largest absolute Gasteiger partial charge is 0.465 e. The first-order valence-electron chi connectivity index (χ1n) is 9.25. The van der Waals surface area contributed by atoms with Gasteiger partial charge >= 0.3 is 12.0 Å². The van der Waals surface area contributed by atoms with Crippen molar-refractivity contribution in [2.24, 2.45) is 0 Å². The third-order valence-corrected chi connectivity index (χ3v) is 4.93. The Labute approximate surface area is 179 Å². The van der Waals surface area contributed by atoms with Crippen molar-refractivity contribution >= 4 is 29.6 Å². The number of hydrogen-bond donors (Lipinski definition) is 3. The molecule has 2 amide bonds. The molecule has 154 valence electrons. The molecular formula is C22H22N4O3S. The number of anilines is 1. The maximum atomic E-state index is 12.0. The number of esters is 1. The van der Waals surface area contributed by atoms with Crippen molar-refractivity contribution in [3.8, 4) is 0 Å². The van der Waals surface area contributed by atoms with Gasteiger partial charge in [0.15, 0.2) is 0 Å². The molecular weight excluding hydrogens is 400 g/mol. The molecule has 3 N–H and O–H groups in total. The summed E-state index contributed by atoms with van der Waals surface area (Å²) in [5.74, 6) is -0.350. The van der Waals surface area contributed by atoms with E-state index in [1.54, 1.807) is 24.5 Å². The molecule has 0 unspecified atom stereocenters. The van der Waals surface area contributed by atoms with Gasteiger partial charge < -0.3 is 15.4 Å². The number of pyridine rings is 1. The molecule has 0 saturated carbocycles. The highest BCUT2D eigenvalue weighted by Crippen LogP contribution is 2.18. The van der Waals surface area contributed by atoms with E-state index in [-0.39, 0.29) is 12.0 Å². The van der Waals surface area contributed by atoms with E-state index in [1.165, 1.54) is 19.1 Å². The van der Waals surface area contributed by atoms with Gasteiger partial charge in [-0.25, -0.2) is 9.59 Å². The van der Waals surface area contributed by atoms with E-state index in [2.05, 4.69) is 20.3 Å². The summed E-state index contributed by atoms with van der Waals surface area (Å²) in [6, 6.07) is 18.3. The summed E-state index contributed by atoms with van der Waals surface area (Å²) in [5.41, 5.74) is 3.20. The number of amides is 2. The van der Waals surface area contributed by atoms with Crippen LogP contribution in [0.1, 0.15) is 21.5 Å². The Morgan fingerprint density at radius 2 is 1.73 bits per heavy atom. The maximum Gasteiger partial charge on any atom is 0.337 e. The molecule has 1 heterocycles. The molecule has 3 rings (SSSR count). The predicted molar refractivity (Wildman–Crippen MR) is 117 cm³/mol. The third kappa shape index (κ3) is 6.61. The van der Waals surface area contributed by atoms with Gasteiger partial charge in [-0.05, 0) is 71.6 Å². The van der Waals surface area contributed by atoms with E-state index < -0.39 is 0 Å². The summed E-state index contributed by atoms with van der Waals surface area (Å²) in [4.78, 5) is 28.6. The lowest BCUT2D eigenvalue weighted by Crippen LogP contribution is -2.28. The van der Waals surface area contributed by atoms with Crippen LogP contribution in [-0.4, -0.2) is 24.1 Å². The number of aromatic nitrogens is 1. The van der Waals surface area contributed by atoms with E-state index in [9.17, 15) is 9.59 Å². The van der Waals surface area contributed by atoms with Gasteiger partial charge in [-0.2, -0.15) is 0 Å². The zero-order valence-electron chi connectivity index (χ0n) is 16.4. The van der Waals surface area contributed by atoms with E-state index in [1.807, 2.05) is 48.5 Å². The van der Waals surface area contributed by atoms with Crippen molar-refractivity contribution < 1.29 is 14.3 Å². The number of nitrogens with zero attached hydrogens (tertiary/aromatic N) is 1. The van der Waals surface area contributed by atoms with Crippen LogP contribution in [0.4, 0.5) is 10.5 Å². The first kappa shape index (κ1) is 21.4. The minimum Gasteiger partial charge on any atom is -0.465 e. The molecule has 0 radical (unpaired) electrons. The van der Waals surface area contributed by atoms with Crippen LogP contribution in [0.15, 0.2) is 78.0 Å². The topological polar surface area (TPSA) is 92.4 Å². The summed E-state index contributed by atoms with van der Waals surface area (Å²) < 4.78 is 8.00. The Hall–Kier alpha value is -3.36. The fraction of sp³-hybridized carbons (Fsp3) is 0.136. The second kappa shape index (κ2) is 11.0. The van der Waals surface area contributed by atoms with Crippen LogP contribution >= 0.6 is 11.9 Å². The molecule has 8 heteroatoms. The van der Waals surface area contributed by atoms with Gasteiger partial charge in [0.05, 0.1) is 12.7 Å². The molecule has 7 nitrogen and oxygen atoms in total. The van der Waals surface area contributed by atoms with Crippen LogP contribution in [0.3, 0.4) is 0 Å². The molecule has 0 saturated heterocycles. The molecule has 2 aromatic carbocycles. The highest BCUT2D eigenvalue weighted by atomic mass is 32.2. The summed E-state index contributed by atoms with van der Waals surface area (Å²) in [6.45, 7) is 1.02. The van der Waals surface area contributed by atoms with Crippen molar-refractivity contribution in [2.45, 2.75) is 18.0 Å². The van der Waals surface area contributed by atoms with Crippen LogP contribution < -0.4 is 15.4 Å². The summed E-state index contributed by atoms with van der Waals surface area (Å²) in [7, 11) is 1.37. The number of ether oxygens (including phenoxy) is 1. The Morgan fingerprint density at radius 1 is 0.967 bits per heavy atom. The van der Waals surface area contributed by atoms with Crippen LogP contribution in [-0.2, 0) is 17.8 Å². The lowest BCUT2D eigenvalue weighted by atomic mass is 10.1.